The van der Waals surface area contributed by atoms with E-state index in [1.165, 1.54) is 44.9 Å². The minimum absolute atomic E-state index is 0.876. The average molecular weight is 212 g/mol. The summed E-state index contributed by atoms with van der Waals surface area (Å²) in [7, 11) is 0. The van der Waals surface area contributed by atoms with E-state index < -0.39 is 0 Å². The van der Waals surface area contributed by atoms with Gasteiger partial charge in [-0.25, -0.2) is 0 Å². The zero-order chi connectivity index (χ0) is 11.7. The van der Waals surface area contributed by atoms with Gasteiger partial charge in [-0.05, 0) is 30.6 Å². The van der Waals surface area contributed by atoms with Crippen LogP contribution in [0.3, 0.4) is 0 Å². The van der Waals surface area contributed by atoms with Gasteiger partial charge in [0.2, 0.25) is 0 Å². The molecule has 0 aliphatic carbocycles. The molecule has 0 spiro atoms. The SMILES string of the molecule is CCCCC(CC(C)C)CC(C)CCC. The first-order chi connectivity index (χ1) is 7.10. The predicted octanol–water partition coefficient (Wildman–Crippen LogP) is 5.67. The largest absolute Gasteiger partial charge is 0.0654 e. The van der Waals surface area contributed by atoms with Crippen molar-refractivity contribution >= 4 is 0 Å². The summed E-state index contributed by atoms with van der Waals surface area (Å²) < 4.78 is 0. The lowest BCUT2D eigenvalue weighted by Crippen LogP contribution is -2.09. The molecule has 0 bridgehead atoms. The fourth-order valence-corrected chi connectivity index (χ4v) is 2.67. The van der Waals surface area contributed by atoms with Crippen molar-refractivity contribution in [2.45, 2.75) is 79.6 Å². The second-order valence-corrected chi connectivity index (χ2v) is 5.77. The van der Waals surface area contributed by atoms with Crippen molar-refractivity contribution in [1.29, 1.82) is 0 Å². The van der Waals surface area contributed by atoms with Crippen LogP contribution in [0.25, 0.3) is 0 Å². The van der Waals surface area contributed by atoms with Crippen LogP contribution < -0.4 is 0 Å². The Kier molecular flexibility index (Phi) is 9.24. The monoisotopic (exact) mass is 212 g/mol. The van der Waals surface area contributed by atoms with Gasteiger partial charge in [0.25, 0.3) is 0 Å². The Morgan fingerprint density at radius 2 is 1.47 bits per heavy atom. The second kappa shape index (κ2) is 9.24. The molecule has 0 nitrogen and oxygen atoms in total. The van der Waals surface area contributed by atoms with Crippen molar-refractivity contribution in [2.24, 2.45) is 17.8 Å². The normalized spacial score (nSPS) is 15.6. The summed E-state index contributed by atoms with van der Waals surface area (Å²) in [6.07, 6.45) is 9.92. The van der Waals surface area contributed by atoms with Crippen LogP contribution in [0.1, 0.15) is 79.6 Å². The van der Waals surface area contributed by atoms with Crippen molar-refractivity contribution in [3.05, 3.63) is 0 Å². The topological polar surface area (TPSA) is 0 Å². The molecule has 92 valence electrons. The van der Waals surface area contributed by atoms with Crippen LogP contribution in [-0.4, -0.2) is 0 Å². The van der Waals surface area contributed by atoms with Gasteiger partial charge in [0.15, 0.2) is 0 Å². The molecule has 0 aromatic heterocycles. The molecule has 0 heterocycles. The number of unbranched alkanes of at least 4 members (excludes halogenated alkanes) is 1. The van der Waals surface area contributed by atoms with Gasteiger partial charge in [-0.2, -0.15) is 0 Å². The molecule has 0 rings (SSSR count). The van der Waals surface area contributed by atoms with Gasteiger partial charge in [-0.15, -0.1) is 0 Å². The van der Waals surface area contributed by atoms with E-state index in [0.29, 0.717) is 0 Å². The molecule has 0 aromatic carbocycles. The lowest BCUT2D eigenvalue weighted by Gasteiger charge is -2.22. The third kappa shape index (κ3) is 8.96. The molecular weight excluding hydrogens is 180 g/mol. The number of hydrogen-bond donors (Lipinski definition) is 0. The standard InChI is InChI=1S/C15H32/c1-6-8-10-15(11-13(3)4)12-14(5)9-7-2/h13-15H,6-12H2,1-5H3. The summed E-state index contributed by atoms with van der Waals surface area (Å²) in [6, 6.07) is 0. The van der Waals surface area contributed by atoms with Gasteiger partial charge in [0, 0.05) is 0 Å². The third-order valence-corrected chi connectivity index (χ3v) is 3.29. The van der Waals surface area contributed by atoms with Crippen LogP contribution in [0.15, 0.2) is 0 Å². The molecule has 0 fully saturated rings. The zero-order valence-electron chi connectivity index (χ0n) is 11.7. The van der Waals surface area contributed by atoms with E-state index in [0.717, 1.165) is 17.8 Å². The Bertz CT molecular complexity index is 126. The summed E-state index contributed by atoms with van der Waals surface area (Å²) in [5.74, 6) is 2.81. The Morgan fingerprint density at radius 3 is 1.93 bits per heavy atom. The molecule has 0 amide bonds. The quantitative estimate of drug-likeness (QED) is 0.462. The van der Waals surface area contributed by atoms with Crippen LogP contribution in [0.5, 0.6) is 0 Å². The number of hydrogen-bond acceptors (Lipinski definition) is 0. The smallest absolute Gasteiger partial charge is 0.0409 e. The van der Waals surface area contributed by atoms with E-state index in [1.807, 2.05) is 0 Å². The lowest BCUT2D eigenvalue weighted by molar-refractivity contribution is 0.299. The lowest BCUT2D eigenvalue weighted by atomic mass is 9.84. The fraction of sp³-hybridized carbons (Fsp3) is 1.00. The Balaban J connectivity index is 3.87. The van der Waals surface area contributed by atoms with Crippen molar-refractivity contribution in [1.82, 2.24) is 0 Å². The maximum absolute atomic E-state index is 2.43. The molecule has 15 heavy (non-hydrogen) atoms. The summed E-state index contributed by atoms with van der Waals surface area (Å²) in [4.78, 5) is 0. The Morgan fingerprint density at radius 1 is 0.800 bits per heavy atom. The van der Waals surface area contributed by atoms with Gasteiger partial charge < -0.3 is 0 Å². The molecule has 2 unspecified atom stereocenters. The first-order valence-corrected chi connectivity index (χ1v) is 7.10. The summed E-state index contributed by atoms with van der Waals surface area (Å²) in [5.41, 5.74) is 0. The van der Waals surface area contributed by atoms with E-state index in [1.54, 1.807) is 0 Å². The van der Waals surface area contributed by atoms with Crippen LogP contribution >= 0.6 is 0 Å². The van der Waals surface area contributed by atoms with Crippen molar-refractivity contribution < 1.29 is 0 Å². The molecule has 0 saturated heterocycles. The van der Waals surface area contributed by atoms with Gasteiger partial charge >= 0.3 is 0 Å². The molecule has 0 aliphatic heterocycles. The summed E-state index contributed by atoms with van der Waals surface area (Å²) in [6.45, 7) is 11.8. The van der Waals surface area contributed by atoms with Gasteiger partial charge in [-0.3, -0.25) is 0 Å². The Hall–Kier alpha value is 0. The van der Waals surface area contributed by atoms with E-state index in [2.05, 4.69) is 34.6 Å². The molecule has 0 radical (unpaired) electrons. The van der Waals surface area contributed by atoms with E-state index in [-0.39, 0.29) is 0 Å². The van der Waals surface area contributed by atoms with E-state index in [9.17, 15) is 0 Å². The second-order valence-electron chi connectivity index (χ2n) is 5.77. The van der Waals surface area contributed by atoms with Crippen LogP contribution in [0, 0.1) is 17.8 Å². The molecule has 0 aromatic rings. The third-order valence-electron chi connectivity index (χ3n) is 3.29. The highest BCUT2D eigenvalue weighted by molar-refractivity contribution is 4.65. The van der Waals surface area contributed by atoms with Gasteiger partial charge in [0.05, 0.1) is 0 Å². The van der Waals surface area contributed by atoms with Crippen molar-refractivity contribution in [3.8, 4) is 0 Å². The van der Waals surface area contributed by atoms with Crippen LogP contribution in [-0.2, 0) is 0 Å². The van der Waals surface area contributed by atoms with E-state index in [4.69, 9.17) is 0 Å². The van der Waals surface area contributed by atoms with Crippen molar-refractivity contribution in [3.63, 3.8) is 0 Å². The zero-order valence-corrected chi connectivity index (χ0v) is 11.7. The first kappa shape index (κ1) is 15.0. The molecule has 0 heteroatoms. The van der Waals surface area contributed by atoms with E-state index >= 15 is 0 Å². The van der Waals surface area contributed by atoms with Gasteiger partial charge in [-0.1, -0.05) is 66.7 Å². The maximum atomic E-state index is 2.43. The molecule has 0 N–H and O–H groups in total. The average Bonchev–Trinajstić information content (AvgIpc) is 2.13. The fourth-order valence-electron chi connectivity index (χ4n) is 2.67. The highest BCUT2D eigenvalue weighted by Gasteiger charge is 2.13. The van der Waals surface area contributed by atoms with Crippen molar-refractivity contribution in [2.75, 3.05) is 0 Å². The van der Waals surface area contributed by atoms with Gasteiger partial charge in [0.1, 0.15) is 0 Å². The minimum atomic E-state index is 0.876. The molecule has 2 atom stereocenters. The number of rotatable bonds is 9. The molecule has 0 saturated carbocycles. The molecular formula is C15H32. The summed E-state index contributed by atoms with van der Waals surface area (Å²) in [5, 5.41) is 0. The first-order valence-electron chi connectivity index (χ1n) is 7.10. The summed E-state index contributed by atoms with van der Waals surface area (Å²) >= 11 is 0. The van der Waals surface area contributed by atoms with Crippen LogP contribution in [0.2, 0.25) is 0 Å². The molecule has 0 aliphatic rings. The Labute approximate surface area is 97.8 Å². The predicted molar refractivity (Wildman–Crippen MR) is 71.2 cm³/mol. The van der Waals surface area contributed by atoms with Crippen LogP contribution in [0.4, 0.5) is 0 Å². The highest BCUT2D eigenvalue weighted by atomic mass is 14.2. The highest BCUT2D eigenvalue weighted by Crippen LogP contribution is 2.26. The maximum Gasteiger partial charge on any atom is -0.0409 e. The minimum Gasteiger partial charge on any atom is -0.0654 e.